The Labute approximate surface area is 132 Å². The van der Waals surface area contributed by atoms with Gasteiger partial charge in [0.15, 0.2) is 5.70 Å². The van der Waals surface area contributed by atoms with E-state index < -0.39 is 0 Å². The lowest BCUT2D eigenvalue weighted by Crippen LogP contribution is -2.20. The zero-order chi connectivity index (χ0) is 17.0. The van der Waals surface area contributed by atoms with Crippen LogP contribution in [0.2, 0.25) is 0 Å². The van der Waals surface area contributed by atoms with Crippen molar-refractivity contribution in [3.05, 3.63) is 63.3 Å². The topological polar surface area (TPSA) is 113 Å². The van der Waals surface area contributed by atoms with E-state index in [2.05, 4.69) is 4.99 Å². The normalized spacial score (nSPS) is 11.8. The van der Waals surface area contributed by atoms with Gasteiger partial charge in [0.1, 0.15) is 17.8 Å². The van der Waals surface area contributed by atoms with Gasteiger partial charge in [-0.25, -0.2) is 9.67 Å². The summed E-state index contributed by atoms with van der Waals surface area (Å²) < 4.78 is 3.20. The fourth-order valence-corrected chi connectivity index (χ4v) is 2.08. The van der Waals surface area contributed by atoms with E-state index in [0.29, 0.717) is 11.3 Å². The first-order valence-corrected chi connectivity index (χ1v) is 6.69. The number of aromatic nitrogens is 2. The third-order valence-electron chi connectivity index (χ3n) is 3.40. The largest absolute Gasteiger partial charge is 0.388 e. The summed E-state index contributed by atoms with van der Waals surface area (Å²) in [7, 11) is 1.76. The molecular formula is C16H14N6O. The number of nitriles is 2. The van der Waals surface area contributed by atoms with Gasteiger partial charge in [-0.1, -0.05) is 18.2 Å². The van der Waals surface area contributed by atoms with Crippen molar-refractivity contribution in [2.75, 3.05) is 0 Å². The quantitative estimate of drug-likeness (QED) is 0.676. The van der Waals surface area contributed by atoms with Crippen molar-refractivity contribution in [1.29, 1.82) is 10.5 Å². The van der Waals surface area contributed by atoms with Crippen molar-refractivity contribution in [3.8, 4) is 17.8 Å². The average molecular weight is 306 g/mol. The van der Waals surface area contributed by atoms with Crippen LogP contribution in [0.15, 0.2) is 51.5 Å². The Morgan fingerprint density at radius 3 is 2.48 bits per heavy atom. The summed E-state index contributed by atoms with van der Waals surface area (Å²) in [6.07, 6.45) is 1.26. The molecule has 0 radical (unpaired) electrons. The Morgan fingerprint density at radius 1 is 1.26 bits per heavy atom. The van der Waals surface area contributed by atoms with Crippen LogP contribution in [-0.4, -0.2) is 15.6 Å². The molecule has 0 aliphatic rings. The first-order valence-electron chi connectivity index (χ1n) is 6.69. The van der Waals surface area contributed by atoms with Crippen LogP contribution in [-0.2, 0) is 7.05 Å². The minimum Gasteiger partial charge on any atom is -0.388 e. The zero-order valence-electron chi connectivity index (χ0n) is 12.7. The average Bonchev–Trinajstić information content (AvgIpc) is 2.78. The second-order valence-electron chi connectivity index (χ2n) is 4.72. The van der Waals surface area contributed by atoms with E-state index in [0.717, 1.165) is 5.69 Å². The Balaban J connectivity index is 2.58. The molecule has 1 aromatic carbocycles. The predicted molar refractivity (Wildman–Crippen MR) is 85.8 cm³/mol. The molecule has 0 spiro atoms. The minimum atomic E-state index is -0.291. The van der Waals surface area contributed by atoms with E-state index in [-0.39, 0.29) is 17.0 Å². The Hall–Kier alpha value is -3.58. The first kappa shape index (κ1) is 15.8. The molecule has 0 saturated heterocycles. The third kappa shape index (κ3) is 2.89. The standard InChI is InChI=1S/C16H14N6O/c1-11-13(10-20-15(9-18)14(19)8-17)16(23)22(21(11)2)12-6-4-3-5-7-12/h3-7,10H,19H2,1-2H3/b15-14-,20-10?. The van der Waals surface area contributed by atoms with Crippen molar-refractivity contribution in [2.24, 2.45) is 17.8 Å². The van der Waals surface area contributed by atoms with Crippen LogP contribution in [0.3, 0.4) is 0 Å². The maximum Gasteiger partial charge on any atom is 0.280 e. The van der Waals surface area contributed by atoms with E-state index in [1.165, 1.54) is 10.9 Å². The molecule has 1 aromatic heterocycles. The monoisotopic (exact) mass is 306 g/mol. The number of allylic oxidation sites excluding steroid dienone is 2. The van der Waals surface area contributed by atoms with Gasteiger partial charge in [0.25, 0.3) is 5.56 Å². The number of hydrogen-bond acceptors (Lipinski definition) is 5. The molecule has 1 heterocycles. The summed E-state index contributed by atoms with van der Waals surface area (Å²) in [6, 6.07) is 12.6. The molecule has 0 unspecified atom stereocenters. The van der Waals surface area contributed by atoms with Gasteiger partial charge in [-0.05, 0) is 19.1 Å². The van der Waals surface area contributed by atoms with Crippen LogP contribution in [0.25, 0.3) is 5.69 Å². The Morgan fingerprint density at radius 2 is 1.91 bits per heavy atom. The SMILES string of the molecule is Cc1c(C=N/C(C#N)=C(\N)C#N)c(=O)n(-c2ccccc2)n1C. The van der Waals surface area contributed by atoms with E-state index in [1.54, 1.807) is 30.8 Å². The van der Waals surface area contributed by atoms with Crippen molar-refractivity contribution in [2.45, 2.75) is 6.92 Å². The van der Waals surface area contributed by atoms with Crippen molar-refractivity contribution >= 4 is 6.21 Å². The molecule has 0 aliphatic heterocycles. The van der Waals surface area contributed by atoms with Crippen molar-refractivity contribution in [1.82, 2.24) is 9.36 Å². The van der Waals surface area contributed by atoms with Gasteiger partial charge in [0.2, 0.25) is 0 Å². The van der Waals surface area contributed by atoms with Crippen molar-refractivity contribution < 1.29 is 0 Å². The van der Waals surface area contributed by atoms with Crippen LogP contribution in [0.1, 0.15) is 11.3 Å². The number of aliphatic imine (C=N–C) groups is 1. The highest BCUT2D eigenvalue weighted by Crippen LogP contribution is 2.09. The molecule has 23 heavy (non-hydrogen) atoms. The van der Waals surface area contributed by atoms with Crippen LogP contribution < -0.4 is 11.3 Å². The van der Waals surface area contributed by atoms with E-state index in [9.17, 15) is 4.79 Å². The number of nitrogens with two attached hydrogens (primary N) is 1. The molecule has 2 aromatic rings. The lowest BCUT2D eigenvalue weighted by atomic mass is 10.2. The number of benzene rings is 1. The molecule has 2 rings (SSSR count). The predicted octanol–water partition coefficient (Wildman–Crippen LogP) is 1.12. The van der Waals surface area contributed by atoms with E-state index >= 15 is 0 Å². The molecule has 7 nitrogen and oxygen atoms in total. The molecule has 2 N–H and O–H groups in total. The lowest BCUT2D eigenvalue weighted by molar-refractivity contribution is 0.630. The number of nitrogens with zero attached hydrogens (tertiary/aromatic N) is 5. The molecule has 0 saturated carbocycles. The van der Waals surface area contributed by atoms with Gasteiger partial charge < -0.3 is 5.73 Å². The highest BCUT2D eigenvalue weighted by molar-refractivity contribution is 5.82. The first-order chi connectivity index (χ1) is 11.0. The molecule has 0 amide bonds. The molecule has 7 heteroatoms. The molecule has 0 bridgehead atoms. The lowest BCUT2D eigenvalue weighted by Gasteiger charge is -2.07. The minimum absolute atomic E-state index is 0.221. The molecule has 0 fully saturated rings. The summed E-state index contributed by atoms with van der Waals surface area (Å²) in [6.45, 7) is 1.77. The molecule has 114 valence electrons. The van der Waals surface area contributed by atoms with Gasteiger partial charge in [-0.15, -0.1) is 0 Å². The zero-order valence-corrected chi connectivity index (χ0v) is 12.7. The van der Waals surface area contributed by atoms with Gasteiger partial charge in [0.05, 0.1) is 11.3 Å². The fourth-order valence-electron chi connectivity index (χ4n) is 2.08. The number of rotatable bonds is 3. The molecule has 0 aliphatic carbocycles. The van der Waals surface area contributed by atoms with Crippen molar-refractivity contribution in [3.63, 3.8) is 0 Å². The van der Waals surface area contributed by atoms with Gasteiger partial charge in [-0.3, -0.25) is 9.48 Å². The number of para-hydroxylation sites is 1. The highest BCUT2D eigenvalue weighted by Gasteiger charge is 2.14. The highest BCUT2D eigenvalue weighted by atomic mass is 16.1. The summed E-state index contributed by atoms with van der Waals surface area (Å²) >= 11 is 0. The van der Waals surface area contributed by atoms with Crippen LogP contribution in [0.5, 0.6) is 0 Å². The summed E-state index contributed by atoms with van der Waals surface area (Å²) in [5.41, 5.74) is 6.33. The second kappa shape index (κ2) is 6.46. The number of hydrogen-bond donors (Lipinski definition) is 1. The van der Waals surface area contributed by atoms with Crippen LogP contribution in [0.4, 0.5) is 0 Å². The Kier molecular flexibility index (Phi) is 4.44. The summed E-state index contributed by atoms with van der Waals surface area (Å²) in [5, 5.41) is 17.7. The summed E-state index contributed by atoms with van der Waals surface area (Å²) in [4.78, 5) is 16.5. The smallest absolute Gasteiger partial charge is 0.280 e. The molecule has 0 atom stereocenters. The van der Waals surface area contributed by atoms with Gasteiger partial charge in [0, 0.05) is 19.0 Å². The summed E-state index contributed by atoms with van der Waals surface area (Å²) in [5.74, 6) is 0. The third-order valence-corrected chi connectivity index (χ3v) is 3.40. The second-order valence-corrected chi connectivity index (χ2v) is 4.72. The van der Waals surface area contributed by atoms with Gasteiger partial charge in [-0.2, -0.15) is 10.5 Å². The van der Waals surface area contributed by atoms with Gasteiger partial charge >= 0.3 is 0 Å². The maximum absolute atomic E-state index is 12.6. The fraction of sp³-hybridized carbons (Fsp3) is 0.125. The van der Waals surface area contributed by atoms with E-state index in [4.69, 9.17) is 16.3 Å². The maximum atomic E-state index is 12.6. The van der Waals surface area contributed by atoms with Crippen LogP contribution >= 0.6 is 0 Å². The van der Waals surface area contributed by atoms with Crippen LogP contribution in [0, 0.1) is 29.6 Å². The van der Waals surface area contributed by atoms with E-state index in [1.807, 2.05) is 30.3 Å². The molecular weight excluding hydrogens is 292 g/mol. The Bertz CT molecular complexity index is 932.